The van der Waals surface area contributed by atoms with Crippen LogP contribution in [-0.2, 0) is 12.8 Å². The van der Waals surface area contributed by atoms with Gasteiger partial charge in [0.1, 0.15) is 11.3 Å². The predicted molar refractivity (Wildman–Crippen MR) is 93.8 cm³/mol. The van der Waals surface area contributed by atoms with Crippen LogP contribution in [0.25, 0.3) is 0 Å². The first-order valence-corrected chi connectivity index (χ1v) is 8.77. The van der Waals surface area contributed by atoms with Crippen molar-refractivity contribution < 1.29 is 19.1 Å². The lowest BCUT2D eigenvalue weighted by Crippen LogP contribution is -2.40. The molecule has 0 saturated carbocycles. The largest absolute Gasteiger partial charge is 0.478 e. The minimum absolute atomic E-state index is 0.0868. The van der Waals surface area contributed by atoms with E-state index in [0.717, 1.165) is 19.3 Å². The number of amides is 1. The van der Waals surface area contributed by atoms with Crippen LogP contribution in [0.4, 0.5) is 0 Å². The molecule has 25 heavy (non-hydrogen) atoms. The summed E-state index contributed by atoms with van der Waals surface area (Å²) in [6, 6.07) is 11.7. The molecule has 1 amide bonds. The zero-order chi connectivity index (χ0) is 17.8. The molecule has 0 aliphatic carbocycles. The van der Waals surface area contributed by atoms with E-state index in [1.807, 2.05) is 25.1 Å². The number of carboxylic acid groups (broad SMARTS) is 1. The lowest BCUT2D eigenvalue weighted by atomic mass is 9.91. The Labute approximate surface area is 147 Å². The van der Waals surface area contributed by atoms with Crippen molar-refractivity contribution in [1.82, 2.24) is 4.90 Å². The van der Waals surface area contributed by atoms with Crippen LogP contribution in [0.1, 0.15) is 52.0 Å². The van der Waals surface area contributed by atoms with Gasteiger partial charge in [-0.25, -0.2) is 4.79 Å². The van der Waals surface area contributed by atoms with Crippen LogP contribution in [0.2, 0.25) is 0 Å². The number of likely N-dealkylation sites (tertiary alicyclic amines) is 1. The van der Waals surface area contributed by atoms with E-state index < -0.39 is 5.97 Å². The van der Waals surface area contributed by atoms with Gasteiger partial charge < -0.3 is 14.4 Å². The molecule has 1 aliphatic rings. The Kier molecular flexibility index (Phi) is 5.22. The van der Waals surface area contributed by atoms with Gasteiger partial charge in [-0.05, 0) is 30.7 Å². The highest BCUT2D eigenvalue weighted by atomic mass is 16.4. The summed E-state index contributed by atoms with van der Waals surface area (Å²) in [5.74, 6) is -0.358. The fraction of sp³-hybridized carbons (Fsp3) is 0.400. The van der Waals surface area contributed by atoms with Crippen LogP contribution in [0.3, 0.4) is 0 Å². The summed E-state index contributed by atoms with van der Waals surface area (Å²) in [5, 5.41) is 9.22. The number of piperidine rings is 1. The lowest BCUT2D eigenvalue weighted by Gasteiger charge is -2.32. The first-order valence-electron chi connectivity index (χ1n) is 8.77. The minimum atomic E-state index is -1.06. The fourth-order valence-electron chi connectivity index (χ4n) is 3.50. The number of carbonyl (C=O) groups excluding carboxylic acids is 1. The Morgan fingerprint density at radius 2 is 2.04 bits per heavy atom. The summed E-state index contributed by atoms with van der Waals surface area (Å²) >= 11 is 0. The molecule has 1 unspecified atom stereocenters. The van der Waals surface area contributed by atoms with Crippen LogP contribution in [0.15, 0.2) is 40.8 Å². The molecule has 1 aromatic heterocycles. The maximum atomic E-state index is 12.7. The van der Waals surface area contributed by atoms with Crippen molar-refractivity contribution in [3.05, 3.63) is 59.0 Å². The molecule has 5 heteroatoms. The van der Waals surface area contributed by atoms with Crippen molar-refractivity contribution in [3.63, 3.8) is 0 Å². The minimum Gasteiger partial charge on any atom is -0.478 e. The van der Waals surface area contributed by atoms with Gasteiger partial charge in [0.25, 0.3) is 5.91 Å². The van der Waals surface area contributed by atoms with E-state index in [2.05, 4.69) is 12.1 Å². The average Bonchev–Trinajstić information content (AvgIpc) is 3.07. The van der Waals surface area contributed by atoms with Gasteiger partial charge in [-0.2, -0.15) is 0 Å². The number of aryl methyl sites for hydroxylation is 1. The third-order valence-electron chi connectivity index (χ3n) is 4.74. The molecule has 0 bridgehead atoms. The highest BCUT2D eigenvalue weighted by molar-refractivity contribution is 5.96. The molecule has 1 saturated heterocycles. The van der Waals surface area contributed by atoms with Crippen molar-refractivity contribution in [2.75, 3.05) is 13.1 Å². The number of carbonyl (C=O) groups is 2. The van der Waals surface area contributed by atoms with Gasteiger partial charge in [-0.1, -0.05) is 37.3 Å². The number of hydrogen-bond acceptors (Lipinski definition) is 3. The van der Waals surface area contributed by atoms with E-state index in [1.165, 1.54) is 11.6 Å². The van der Waals surface area contributed by atoms with E-state index in [4.69, 9.17) is 4.42 Å². The highest BCUT2D eigenvalue weighted by Crippen LogP contribution is 2.24. The molecule has 1 atom stereocenters. The molecular weight excluding hydrogens is 318 g/mol. The summed E-state index contributed by atoms with van der Waals surface area (Å²) in [4.78, 5) is 25.8. The summed E-state index contributed by atoms with van der Waals surface area (Å²) in [6.45, 7) is 3.18. The Balaban J connectivity index is 1.70. The SMILES string of the molecule is CCc1oc(C(=O)N2CCCC(Cc3ccccc3)C2)cc1C(=O)O. The Hall–Kier alpha value is -2.56. The molecule has 2 heterocycles. The smallest absolute Gasteiger partial charge is 0.339 e. The molecule has 1 aromatic carbocycles. The van der Waals surface area contributed by atoms with Crippen molar-refractivity contribution in [3.8, 4) is 0 Å². The van der Waals surface area contributed by atoms with Gasteiger partial charge in [-0.15, -0.1) is 0 Å². The second-order valence-corrected chi connectivity index (χ2v) is 6.56. The van der Waals surface area contributed by atoms with E-state index in [0.29, 0.717) is 31.2 Å². The van der Waals surface area contributed by atoms with Gasteiger partial charge in [0, 0.05) is 25.6 Å². The number of carboxylic acids is 1. The molecule has 1 N–H and O–H groups in total. The number of aromatic carboxylic acids is 1. The monoisotopic (exact) mass is 341 g/mol. The third-order valence-corrected chi connectivity index (χ3v) is 4.74. The molecule has 0 spiro atoms. The second kappa shape index (κ2) is 7.55. The van der Waals surface area contributed by atoms with Gasteiger partial charge >= 0.3 is 5.97 Å². The van der Waals surface area contributed by atoms with E-state index in [1.54, 1.807) is 4.90 Å². The number of rotatable bonds is 5. The first kappa shape index (κ1) is 17.3. The summed E-state index contributed by atoms with van der Waals surface area (Å²) in [7, 11) is 0. The number of hydrogen-bond donors (Lipinski definition) is 1. The fourth-order valence-corrected chi connectivity index (χ4v) is 3.50. The number of nitrogens with zero attached hydrogens (tertiary/aromatic N) is 1. The molecule has 1 fully saturated rings. The zero-order valence-electron chi connectivity index (χ0n) is 14.4. The topological polar surface area (TPSA) is 70.8 Å². The van der Waals surface area contributed by atoms with E-state index in [-0.39, 0.29) is 17.2 Å². The van der Waals surface area contributed by atoms with Crippen LogP contribution in [-0.4, -0.2) is 35.0 Å². The van der Waals surface area contributed by atoms with E-state index >= 15 is 0 Å². The average molecular weight is 341 g/mol. The maximum absolute atomic E-state index is 12.7. The summed E-state index contributed by atoms with van der Waals surface area (Å²) in [6.07, 6.45) is 3.45. The molecule has 3 rings (SSSR count). The van der Waals surface area contributed by atoms with Gasteiger partial charge in [0.15, 0.2) is 5.76 Å². The standard InChI is InChI=1S/C20H23NO4/c1-2-17-16(20(23)24)12-18(25-17)19(22)21-10-6-9-15(13-21)11-14-7-4-3-5-8-14/h3-5,7-8,12,15H,2,6,9-11,13H2,1H3,(H,23,24). The van der Waals surface area contributed by atoms with Crippen molar-refractivity contribution in [2.24, 2.45) is 5.92 Å². The van der Waals surface area contributed by atoms with Crippen LogP contribution < -0.4 is 0 Å². The Bertz CT molecular complexity index is 750. The predicted octanol–water partition coefficient (Wildman–Crippen LogP) is 3.64. The van der Waals surface area contributed by atoms with Crippen LogP contribution in [0.5, 0.6) is 0 Å². The van der Waals surface area contributed by atoms with Gasteiger partial charge in [-0.3, -0.25) is 4.79 Å². The Morgan fingerprint density at radius 3 is 2.68 bits per heavy atom. The van der Waals surface area contributed by atoms with E-state index in [9.17, 15) is 14.7 Å². The second-order valence-electron chi connectivity index (χ2n) is 6.56. The quantitative estimate of drug-likeness (QED) is 0.901. The third kappa shape index (κ3) is 3.92. The van der Waals surface area contributed by atoms with Gasteiger partial charge in [0.2, 0.25) is 0 Å². The lowest BCUT2D eigenvalue weighted by molar-refractivity contribution is 0.0638. The normalized spacial score (nSPS) is 17.5. The number of furan rings is 1. The zero-order valence-corrected chi connectivity index (χ0v) is 14.4. The number of benzene rings is 1. The van der Waals surface area contributed by atoms with Crippen molar-refractivity contribution in [2.45, 2.75) is 32.6 Å². The molecule has 1 aliphatic heterocycles. The summed E-state index contributed by atoms with van der Waals surface area (Å²) < 4.78 is 5.52. The summed E-state index contributed by atoms with van der Waals surface area (Å²) in [5.41, 5.74) is 1.37. The molecular formula is C20H23NO4. The Morgan fingerprint density at radius 1 is 1.28 bits per heavy atom. The van der Waals surface area contributed by atoms with Gasteiger partial charge in [0.05, 0.1) is 0 Å². The molecule has 2 aromatic rings. The molecule has 5 nitrogen and oxygen atoms in total. The maximum Gasteiger partial charge on any atom is 0.339 e. The van der Waals surface area contributed by atoms with Crippen molar-refractivity contribution in [1.29, 1.82) is 0 Å². The highest BCUT2D eigenvalue weighted by Gasteiger charge is 2.28. The van der Waals surface area contributed by atoms with Crippen molar-refractivity contribution >= 4 is 11.9 Å². The van der Waals surface area contributed by atoms with Crippen LogP contribution in [0, 0.1) is 5.92 Å². The van der Waals surface area contributed by atoms with Crippen LogP contribution >= 0.6 is 0 Å². The molecule has 0 radical (unpaired) electrons. The molecule has 132 valence electrons. The first-order chi connectivity index (χ1) is 12.1.